The molecule has 18 heavy (non-hydrogen) atoms. The van der Waals surface area contributed by atoms with Gasteiger partial charge < -0.3 is 0 Å². The average Bonchev–Trinajstić information content (AvgIpc) is 2.63. The maximum Gasteiger partial charge on any atom is 0.248 e. The Morgan fingerprint density at radius 2 is 1.94 bits per heavy atom. The van der Waals surface area contributed by atoms with Gasteiger partial charge in [0, 0.05) is 18.2 Å². The fraction of sp³-hybridized carbons (Fsp3) is 1.00. The third kappa shape index (κ3) is 3.82. The molecule has 4 atom stereocenters. The van der Waals surface area contributed by atoms with Crippen molar-refractivity contribution in [2.75, 3.05) is 0 Å². The molecule has 0 N–H and O–H groups in total. The van der Waals surface area contributed by atoms with Gasteiger partial charge in [0.1, 0.15) is 0 Å². The minimum absolute atomic E-state index is 0.0930. The predicted molar refractivity (Wildman–Crippen MR) is 72.3 cm³/mol. The minimum Gasteiger partial charge on any atom is -0.207 e. The monoisotopic (exact) mass is 278 g/mol. The van der Waals surface area contributed by atoms with Crippen molar-refractivity contribution in [2.45, 2.75) is 76.0 Å². The number of alkyl halides is 3. The lowest BCUT2D eigenvalue weighted by Crippen LogP contribution is -2.27. The molecule has 0 bridgehead atoms. The maximum atomic E-state index is 13.2. The van der Waals surface area contributed by atoms with Crippen molar-refractivity contribution < 1.29 is 8.78 Å². The molecule has 2 fully saturated rings. The SMILES string of the molecule is CCCC1CCC(Cl)C(CC2CCC(F)(F)C2)C1. The molecular formula is C15H25ClF2. The molecular weight excluding hydrogens is 254 g/mol. The smallest absolute Gasteiger partial charge is 0.207 e. The van der Waals surface area contributed by atoms with E-state index in [1.165, 1.54) is 25.7 Å². The molecule has 0 heterocycles. The summed E-state index contributed by atoms with van der Waals surface area (Å²) in [5, 5.41) is 0.229. The van der Waals surface area contributed by atoms with E-state index in [9.17, 15) is 8.78 Å². The Kier molecular flexibility index (Phi) is 4.91. The molecule has 0 aromatic rings. The van der Waals surface area contributed by atoms with Crippen LogP contribution in [0.3, 0.4) is 0 Å². The highest BCUT2D eigenvalue weighted by molar-refractivity contribution is 6.20. The number of hydrogen-bond acceptors (Lipinski definition) is 0. The Morgan fingerprint density at radius 3 is 2.56 bits per heavy atom. The van der Waals surface area contributed by atoms with E-state index < -0.39 is 5.92 Å². The summed E-state index contributed by atoms with van der Waals surface area (Å²) in [6.45, 7) is 2.22. The quantitative estimate of drug-likeness (QED) is 0.584. The molecule has 0 spiro atoms. The van der Waals surface area contributed by atoms with E-state index in [-0.39, 0.29) is 24.1 Å². The van der Waals surface area contributed by atoms with Gasteiger partial charge in [0.05, 0.1) is 0 Å². The van der Waals surface area contributed by atoms with Crippen LogP contribution in [0.2, 0.25) is 0 Å². The van der Waals surface area contributed by atoms with Crippen LogP contribution >= 0.6 is 11.6 Å². The second-order valence-corrected chi connectivity index (χ2v) is 7.00. The minimum atomic E-state index is -2.40. The van der Waals surface area contributed by atoms with Crippen molar-refractivity contribution in [1.29, 1.82) is 0 Å². The van der Waals surface area contributed by atoms with Crippen LogP contribution < -0.4 is 0 Å². The summed E-state index contributed by atoms with van der Waals surface area (Å²) < 4.78 is 26.4. The highest BCUT2D eigenvalue weighted by atomic mass is 35.5. The Labute approximate surface area is 114 Å². The van der Waals surface area contributed by atoms with Crippen molar-refractivity contribution in [3.63, 3.8) is 0 Å². The molecule has 2 rings (SSSR count). The number of rotatable bonds is 4. The average molecular weight is 279 g/mol. The molecule has 0 saturated heterocycles. The van der Waals surface area contributed by atoms with Crippen molar-refractivity contribution in [2.24, 2.45) is 17.8 Å². The van der Waals surface area contributed by atoms with E-state index in [1.807, 2.05) is 0 Å². The van der Waals surface area contributed by atoms with E-state index >= 15 is 0 Å². The van der Waals surface area contributed by atoms with Crippen LogP contribution in [0.1, 0.15) is 64.7 Å². The summed E-state index contributed by atoms with van der Waals surface area (Å²) in [6, 6.07) is 0. The summed E-state index contributed by atoms with van der Waals surface area (Å²) >= 11 is 6.41. The standard InChI is InChI=1S/C15H25ClF2/c1-2-3-11-4-5-14(16)13(8-11)9-12-6-7-15(17,18)10-12/h11-14H,2-10H2,1H3. The summed E-state index contributed by atoms with van der Waals surface area (Å²) in [5.41, 5.74) is 0. The van der Waals surface area contributed by atoms with Crippen molar-refractivity contribution in [1.82, 2.24) is 0 Å². The van der Waals surface area contributed by atoms with Gasteiger partial charge in [-0.15, -0.1) is 11.6 Å². The molecule has 106 valence electrons. The van der Waals surface area contributed by atoms with Gasteiger partial charge in [-0.1, -0.05) is 19.8 Å². The van der Waals surface area contributed by atoms with Gasteiger partial charge in [0.2, 0.25) is 5.92 Å². The molecule has 0 radical (unpaired) electrons. The van der Waals surface area contributed by atoms with Crippen molar-refractivity contribution >= 4 is 11.6 Å². The fourth-order valence-corrected chi connectivity index (χ4v) is 4.24. The Morgan fingerprint density at radius 1 is 1.17 bits per heavy atom. The first-order valence-electron chi connectivity index (χ1n) is 7.52. The summed E-state index contributed by atoms with van der Waals surface area (Å²) in [5.74, 6) is -0.913. The van der Waals surface area contributed by atoms with E-state index in [1.54, 1.807) is 0 Å². The third-order valence-corrected chi connectivity index (χ3v) is 5.41. The second kappa shape index (κ2) is 6.07. The lowest BCUT2D eigenvalue weighted by atomic mass is 9.75. The van der Waals surface area contributed by atoms with Crippen molar-refractivity contribution in [3.8, 4) is 0 Å². The summed E-state index contributed by atoms with van der Waals surface area (Å²) in [7, 11) is 0. The predicted octanol–water partition coefficient (Wildman–Crippen LogP) is 5.64. The van der Waals surface area contributed by atoms with Gasteiger partial charge in [-0.2, -0.15) is 0 Å². The normalized spacial score (nSPS) is 40.0. The Bertz CT molecular complexity index is 267. The third-order valence-electron chi connectivity index (χ3n) is 4.84. The lowest BCUT2D eigenvalue weighted by molar-refractivity contribution is 0.00364. The molecule has 0 aliphatic heterocycles. The highest BCUT2D eigenvalue weighted by Crippen LogP contribution is 2.45. The summed E-state index contributed by atoms with van der Waals surface area (Å²) in [6.07, 6.45) is 7.83. The first-order chi connectivity index (χ1) is 8.50. The molecule has 3 heteroatoms. The van der Waals surface area contributed by atoms with Gasteiger partial charge in [0.15, 0.2) is 0 Å². The van der Waals surface area contributed by atoms with Crippen LogP contribution in [0.4, 0.5) is 8.78 Å². The van der Waals surface area contributed by atoms with Crippen LogP contribution in [0.15, 0.2) is 0 Å². The maximum absolute atomic E-state index is 13.2. The number of halogens is 3. The second-order valence-electron chi connectivity index (χ2n) is 6.44. The molecule has 4 unspecified atom stereocenters. The lowest BCUT2D eigenvalue weighted by Gasteiger charge is -2.34. The zero-order chi connectivity index (χ0) is 13.2. The first-order valence-corrected chi connectivity index (χ1v) is 7.95. The van der Waals surface area contributed by atoms with Crippen LogP contribution in [0, 0.1) is 17.8 Å². The Balaban J connectivity index is 1.83. The van der Waals surface area contributed by atoms with E-state index in [0.29, 0.717) is 12.3 Å². The summed E-state index contributed by atoms with van der Waals surface area (Å²) in [4.78, 5) is 0. The zero-order valence-electron chi connectivity index (χ0n) is 11.3. The van der Waals surface area contributed by atoms with Crippen LogP contribution in [0.25, 0.3) is 0 Å². The van der Waals surface area contributed by atoms with Crippen molar-refractivity contribution in [3.05, 3.63) is 0 Å². The van der Waals surface area contributed by atoms with Crippen LogP contribution in [0.5, 0.6) is 0 Å². The van der Waals surface area contributed by atoms with Gasteiger partial charge >= 0.3 is 0 Å². The molecule has 0 aromatic heterocycles. The van der Waals surface area contributed by atoms with Crippen LogP contribution in [-0.4, -0.2) is 11.3 Å². The molecule has 2 aliphatic carbocycles. The molecule has 0 amide bonds. The Hall–Kier alpha value is 0.150. The molecule has 2 aliphatic rings. The molecule has 2 saturated carbocycles. The van der Waals surface area contributed by atoms with E-state index in [4.69, 9.17) is 11.6 Å². The van der Waals surface area contributed by atoms with E-state index in [2.05, 4.69) is 6.92 Å². The zero-order valence-corrected chi connectivity index (χ0v) is 12.1. The van der Waals surface area contributed by atoms with E-state index in [0.717, 1.165) is 18.8 Å². The van der Waals surface area contributed by atoms with Crippen LogP contribution in [-0.2, 0) is 0 Å². The largest absolute Gasteiger partial charge is 0.248 e. The molecule has 0 nitrogen and oxygen atoms in total. The topological polar surface area (TPSA) is 0 Å². The van der Waals surface area contributed by atoms with Gasteiger partial charge in [-0.3, -0.25) is 0 Å². The highest BCUT2D eigenvalue weighted by Gasteiger charge is 2.41. The van der Waals surface area contributed by atoms with Gasteiger partial charge in [-0.05, 0) is 49.9 Å². The molecule has 0 aromatic carbocycles. The van der Waals surface area contributed by atoms with Gasteiger partial charge in [0.25, 0.3) is 0 Å². The van der Waals surface area contributed by atoms with Gasteiger partial charge in [-0.25, -0.2) is 8.78 Å². The number of hydrogen-bond donors (Lipinski definition) is 0. The first kappa shape index (κ1) is 14.6. The fourth-order valence-electron chi connectivity index (χ4n) is 3.91.